The molecule has 4 rings (SSSR count). The lowest BCUT2D eigenvalue weighted by molar-refractivity contribution is -0.459. The molecule has 1 saturated carbocycles. The Labute approximate surface area is 293 Å². The van der Waals surface area contributed by atoms with Crippen LogP contribution in [-0.2, 0) is 39.1 Å². The summed E-state index contributed by atoms with van der Waals surface area (Å²) in [5.41, 5.74) is 5.40. The van der Waals surface area contributed by atoms with Crippen LogP contribution in [0.1, 0.15) is 58.9 Å². The van der Waals surface area contributed by atoms with Crippen LogP contribution < -0.4 is 4.90 Å². The van der Waals surface area contributed by atoms with Gasteiger partial charge in [-0.2, -0.15) is 13.7 Å². The molecule has 0 saturated heterocycles. The maximum absolute atomic E-state index is 13.2. The van der Waals surface area contributed by atoms with Crippen molar-refractivity contribution in [3.05, 3.63) is 70.0 Å². The van der Waals surface area contributed by atoms with Crippen molar-refractivity contribution in [2.45, 2.75) is 63.7 Å². The number of allylic oxidation sites excluding steroid dienone is 7. The molecule has 17 heteroatoms. The number of benzene rings is 1. The van der Waals surface area contributed by atoms with E-state index in [1.165, 1.54) is 0 Å². The normalized spacial score (nSPS) is 24.8. The minimum atomic E-state index is -4.10. The quantitative estimate of drug-likeness (QED) is 0.0427. The number of amides is 1. The molecule has 2 heterocycles. The summed E-state index contributed by atoms with van der Waals surface area (Å²) in [5, 5.41) is 46.1. The van der Waals surface area contributed by atoms with Gasteiger partial charge in [-0.05, 0) is 79.2 Å². The predicted octanol–water partition coefficient (Wildman–Crippen LogP) is 6.08. The molecular formula is C32H40N3O11S3+. The highest BCUT2D eigenvalue weighted by atomic mass is 32.2. The van der Waals surface area contributed by atoms with Gasteiger partial charge in [0.15, 0.2) is 12.5 Å². The number of hydrogen-bond donors (Lipinski definition) is 4. The zero-order valence-electron chi connectivity index (χ0n) is 27.5. The van der Waals surface area contributed by atoms with Crippen LogP contribution in [0.25, 0.3) is 0 Å². The summed E-state index contributed by atoms with van der Waals surface area (Å²) in [6.45, 7) is 8.25. The van der Waals surface area contributed by atoms with Gasteiger partial charge < -0.3 is 10.0 Å². The van der Waals surface area contributed by atoms with E-state index in [1.807, 2.05) is 43.4 Å². The second kappa shape index (κ2) is 16.8. The zero-order chi connectivity index (χ0) is 35.9. The zero-order valence-corrected chi connectivity index (χ0v) is 29.9. The van der Waals surface area contributed by atoms with Crippen LogP contribution in [0.4, 0.5) is 5.69 Å². The maximum atomic E-state index is 13.2. The smallest absolute Gasteiger partial charge is 0.407 e. The molecule has 3 aliphatic rings. The van der Waals surface area contributed by atoms with Crippen LogP contribution in [0.15, 0.2) is 69.3 Å². The van der Waals surface area contributed by atoms with E-state index in [4.69, 9.17) is 10.5 Å². The number of fused-ring (bicyclic) bond motifs is 1. The summed E-state index contributed by atoms with van der Waals surface area (Å²) >= 11 is 1.58. The van der Waals surface area contributed by atoms with Crippen LogP contribution in [0.3, 0.4) is 0 Å². The number of carbonyl (C=O) groups is 1. The van der Waals surface area contributed by atoms with Gasteiger partial charge in [0.25, 0.3) is 10.1 Å². The lowest BCUT2D eigenvalue weighted by atomic mass is 9.80. The van der Waals surface area contributed by atoms with Gasteiger partial charge in [0.2, 0.25) is 0 Å². The molecule has 1 aromatic rings. The molecule has 1 aliphatic carbocycles. The number of aliphatic hydroxyl groups is 1. The van der Waals surface area contributed by atoms with E-state index in [2.05, 4.69) is 43.6 Å². The van der Waals surface area contributed by atoms with Crippen molar-refractivity contribution >= 4 is 51.7 Å². The van der Waals surface area contributed by atoms with Gasteiger partial charge in [0.1, 0.15) is 0 Å². The van der Waals surface area contributed by atoms with Crippen LogP contribution in [-0.4, -0.2) is 69.6 Å². The number of aliphatic hydroxyl groups excluding tert-OH is 1. The minimum absolute atomic E-state index is 0.00335. The first-order valence-electron chi connectivity index (χ1n) is 15.5. The molecule has 0 aromatic heterocycles. The molecule has 2 atom stereocenters. The summed E-state index contributed by atoms with van der Waals surface area (Å²) in [7, 11) is -4.10. The number of hydrogen-bond acceptors (Lipinski definition) is 13. The Hall–Kier alpha value is -3.02. The number of anilines is 1. The molecule has 2 unspecified atom stereocenters. The summed E-state index contributed by atoms with van der Waals surface area (Å²) < 4.78 is 42.2. The Balaban J connectivity index is 1.82. The van der Waals surface area contributed by atoms with Crippen molar-refractivity contribution in [2.24, 2.45) is 11.8 Å². The standard InChI is InChI=1S/C32H39N3O11S3/c1-5-21-8-9-22(29(21)28-20(2)24(19-33)30(36)35(31(28)37)15-16-47-45-43-38)10-13-27-32(3,4)25-18-23(48-46-44-39)11-12-26(25)34(27)14-6-7-17-49(40,41)42/h5,10-13,18,20,24H,6-9,14-17H2,1-4H3,(H3,38,39,40,41,42)/p+1. The van der Waals surface area contributed by atoms with Crippen LogP contribution in [0.5, 0.6) is 0 Å². The van der Waals surface area contributed by atoms with Gasteiger partial charge in [-0.15, -0.1) is 13.2 Å². The molecule has 266 valence electrons. The van der Waals surface area contributed by atoms with E-state index in [0.29, 0.717) is 36.3 Å². The largest absolute Gasteiger partial charge is 0.460 e. The van der Waals surface area contributed by atoms with Crippen LogP contribution in [0, 0.1) is 23.2 Å². The molecule has 1 amide bonds. The van der Waals surface area contributed by atoms with E-state index in [-0.39, 0.29) is 30.4 Å². The fourth-order valence-corrected chi connectivity index (χ4v) is 8.01. The van der Waals surface area contributed by atoms with Crippen molar-refractivity contribution in [3.63, 3.8) is 0 Å². The van der Waals surface area contributed by atoms with Gasteiger partial charge in [-0.3, -0.25) is 4.55 Å². The Morgan fingerprint density at radius 1 is 1.14 bits per heavy atom. The van der Waals surface area contributed by atoms with Gasteiger partial charge in [-0.25, -0.2) is 15.3 Å². The molecule has 0 bridgehead atoms. The fourth-order valence-electron chi connectivity index (χ4n) is 6.67. The van der Waals surface area contributed by atoms with E-state index in [0.717, 1.165) is 62.3 Å². The Morgan fingerprint density at radius 2 is 1.86 bits per heavy atom. The molecule has 1 aromatic carbocycles. The molecule has 1 fully saturated rings. The van der Waals surface area contributed by atoms with E-state index in [1.54, 1.807) is 6.92 Å². The lowest BCUT2D eigenvalue weighted by Gasteiger charge is -2.27. The van der Waals surface area contributed by atoms with Crippen molar-refractivity contribution in [1.29, 1.82) is 5.26 Å². The second-order valence-corrected chi connectivity index (χ2v) is 15.3. The van der Waals surface area contributed by atoms with Crippen molar-refractivity contribution in [1.82, 2.24) is 0 Å². The number of nitrogens with zero attached hydrogens (tertiary/aromatic N) is 3. The summed E-state index contributed by atoms with van der Waals surface area (Å²) in [5.74, 6) is -2.61. The predicted molar refractivity (Wildman–Crippen MR) is 183 cm³/mol. The molecule has 2 aliphatic heterocycles. The number of carbonyl (C=O) groups excluding carboxylic acids is 1. The van der Waals surface area contributed by atoms with Gasteiger partial charge in [0, 0.05) is 46.2 Å². The van der Waals surface area contributed by atoms with Crippen LogP contribution >= 0.6 is 24.1 Å². The van der Waals surface area contributed by atoms with Crippen LogP contribution in [0.2, 0.25) is 0 Å². The average molecular weight is 739 g/mol. The summed E-state index contributed by atoms with van der Waals surface area (Å²) in [6, 6.07) is 7.77. The third kappa shape index (κ3) is 8.66. The maximum Gasteiger partial charge on any atom is 0.407 e. The number of unbranched alkanes of at least 4 members (excludes halogenated alkanes) is 1. The van der Waals surface area contributed by atoms with E-state index in [9.17, 15) is 28.1 Å². The first kappa shape index (κ1) is 38.8. The molecule has 49 heavy (non-hydrogen) atoms. The summed E-state index contributed by atoms with van der Waals surface area (Å²) in [4.78, 5) is 16.0. The van der Waals surface area contributed by atoms with Crippen molar-refractivity contribution < 1.29 is 56.7 Å². The van der Waals surface area contributed by atoms with Gasteiger partial charge >= 0.3 is 11.8 Å². The average Bonchev–Trinajstić information content (AvgIpc) is 3.55. The van der Waals surface area contributed by atoms with E-state index < -0.39 is 33.3 Å². The first-order valence-corrected chi connectivity index (χ1v) is 18.8. The molecular weight excluding hydrogens is 699 g/mol. The summed E-state index contributed by atoms with van der Waals surface area (Å²) in [6.07, 6.45) is 8.04. The number of nitriles is 1. The van der Waals surface area contributed by atoms with Crippen molar-refractivity contribution in [3.8, 4) is 6.07 Å². The third-order valence-corrected chi connectivity index (χ3v) is 10.9. The highest BCUT2D eigenvalue weighted by Gasteiger charge is 2.48. The highest BCUT2D eigenvalue weighted by Crippen LogP contribution is 2.50. The number of rotatable bonds is 14. The third-order valence-electron chi connectivity index (χ3n) is 9.02. The molecule has 0 spiro atoms. The molecule has 0 radical (unpaired) electrons. The monoisotopic (exact) mass is 738 g/mol. The van der Waals surface area contributed by atoms with E-state index >= 15 is 0 Å². The van der Waals surface area contributed by atoms with Crippen molar-refractivity contribution in [2.75, 3.05) is 29.5 Å². The second-order valence-electron chi connectivity index (χ2n) is 12.2. The molecule has 14 nitrogen and oxygen atoms in total. The first-order chi connectivity index (χ1) is 23.3. The Morgan fingerprint density at radius 3 is 2.51 bits per heavy atom. The minimum Gasteiger partial charge on any atom is -0.460 e. The molecule has 4 N–H and O–H groups in total. The highest BCUT2D eigenvalue weighted by molar-refractivity contribution is 7.94. The fraction of sp³-hybridized carbons (Fsp3) is 0.469. The Kier molecular flexibility index (Phi) is 13.3. The Bertz CT molecular complexity index is 1740. The van der Waals surface area contributed by atoms with Gasteiger partial charge in [-0.1, -0.05) is 43.0 Å². The topological polar surface area (TPSA) is 199 Å². The SMILES string of the molecule is CC=C1CCC(=CC=C2N(CCCCS(=O)(=O)O)c3ccc(SOOO)cc3C2(C)C)C1=C1C(O)=[N+](CCSOOO)C(=O)C(C#N)C1C. The van der Waals surface area contributed by atoms with Gasteiger partial charge in [0.05, 0.1) is 35.2 Å². The lowest BCUT2D eigenvalue weighted by Crippen LogP contribution is -2.44.